The number of fused-ring (bicyclic) bond motifs is 1. The summed E-state index contributed by atoms with van der Waals surface area (Å²) in [4.78, 5) is 17.1. The maximum absolute atomic E-state index is 11.5. The third-order valence-electron chi connectivity index (χ3n) is 5.03. The van der Waals surface area contributed by atoms with Crippen LogP contribution in [0, 0.1) is 5.92 Å². The molecular weight excluding hydrogens is 350 g/mol. The molecule has 148 valence electrons. The van der Waals surface area contributed by atoms with Gasteiger partial charge in [0.25, 0.3) is 0 Å². The van der Waals surface area contributed by atoms with Crippen molar-refractivity contribution in [3.8, 4) is 5.75 Å². The molecular formula is C23H29N3O2. The Morgan fingerprint density at radius 2 is 1.89 bits per heavy atom. The molecule has 5 heteroatoms. The summed E-state index contributed by atoms with van der Waals surface area (Å²) in [6.07, 6.45) is 2.99. The summed E-state index contributed by atoms with van der Waals surface area (Å²) in [7, 11) is 3.82. The minimum atomic E-state index is 0.0105. The van der Waals surface area contributed by atoms with Gasteiger partial charge in [-0.15, -0.1) is 0 Å². The number of methoxy groups -OCH3 is 1. The number of rotatable bonds is 9. The lowest BCUT2D eigenvalue weighted by Gasteiger charge is -2.25. The van der Waals surface area contributed by atoms with E-state index in [2.05, 4.69) is 52.7 Å². The highest BCUT2D eigenvalue weighted by Crippen LogP contribution is 2.22. The number of nitrogens with zero attached hydrogens (tertiary/aromatic N) is 1. The van der Waals surface area contributed by atoms with E-state index in [1.165, 1.54) is 10.9 Å². The van der Waals surface area contributed by atoms with Gasteiger partial charge < -0.3 is 19.9 Å². The van der Waals surface area contributed by atoms with Gasteiger partial charge in [-0.05, 0) is 37.1 Å². The Morgan fingerprint density at radius 3 is 2.68 bits per heavy atom. The lowest BCUT2D eigenvalue weighted by atomic mass is 9.98. The van der Waals surface area contributed by atoms with Gasteiger partial charge >= 0.3 is 0 Å². The predicted octanol–water partition coefficient (Wildman–Crippen LogP) is 3.60. The van der Waals surface area contributed by atoms with Crippen molar-refractivity contribution < 1.29 is 9.53 Å². The first-order valence-corrected chi connectivity index (χ1v) is 9.66. The predicted molar refractivity (Wildman–Crippen MR) is 114 cm³/mol. The van der Waals surface area contributed by atoms with Gasteiger partial charge in [-0.2, -0.15) is 0 Å². The second-order valence-corrected chi connectivity index (χ2v) is 7.38. The van der Waals surface area contributed by atoms with Gasteiger partial charge in [-0.25, -0.2) is 0 Å². The standard InChI is InChI=1S/C23H29N3O2/c1-17(27)24-13-18(12-20-14-25-22-10-6-5-9-21(20)22)15-26(2)16-19-8-4-7-11-23(19)28-3/h4-11,14,18,25H,12-13,15-16H2,1-3H3,(H,24,27). The molecule has 3 rings (SSSR count). The molecule has 0 saturated heterocycles. The fourth-order valence-corrected chi connectivity index (χ4v) is 3.73. The minimum absolute atomic E-state index is 0.0105. The van der Waals surface area contributed by atoms with Crippen LogP contribution in [0.25, 0.3) is 10.9 Å². The Balaban J connectivity index is 1.71. The molecule has 3 aromatic rings. The van der Waals surface area contributed by atoms with E-state index >= 15 is 0 Å². The van der Waals surface area contributed by atoms with E-state index in [9.17, 15) is 4.79 Å². The third-order valence-corrected chi connectivity index (χ3v) is 5.03. The van der Waals surface area contributed by atoms with Crippen LogP contribution in [0.2, 0.25) is 0 Å². The molecule has 1 heterocycles. The van der Waals surface area contributed by atoms with E-state index in [0.29, 0.717) is 12.5 Å². The first kappa shape index (κ1) is 20.0. The van der Waals surface area contributed by atoms with E-state index < -0.39 is 0 Å². The van der Waals surface area contributed by atoms with Crippen molar-refractivity contribution in [1.82, 2.24) is 15.2 Å². The van der Waals surface area contributed by atoms with Crippen LogP contribution in [-0.2, 0) is 17.8 Å². The van der Waals surface area contributed by atoms with Gasteiger partial charge in [0.1, 0.15) is 5.75 Å². The lowest BCUT2D eigenvalue weighted by Crippen LogP contribution is -2.35. The molecule has 0 aliphatic carbocycles. The Morgan fingerprint density at radius 1 is 1.14 bits per heavy atom. The number of aromatic amines is 1. The van der Waals surface area contributed by atoms with Crippen molar-refractivity contribution in [3.05, 3.63) is 65.9 Å². The Hall–Kier alpha value is -2.79. The number of nitrogens with one attached hydrogen (secondary N) is 2. The summed E-state index contributed by atoms with van der Waals surface area (Å²) in [5, 5.41) is 4.25. The SMILES string of the molecule is COc1ccccc1CN(C)CC(CNC(C)=O)Cc1c[nH]c2ccccc12. The van der Waals surface area contributed by atoms with Gasteiger partial charge in [0, 0.05) is 49.2 Å². The van der Waals surface area contributed by atoms with Crippen molar-refractivity contribution in [2.45, 2.75) is 19.9 Å². The molecule has 1 aromatic heterocycles. The normalized spacial score (nSPS) is 12.3. The summed E-state index contributed by atoms with van der Waals surface area (Å²) in [5.41, 5.74) is 3.60. The molecule has 0 bridgehead atoms. The number of carbonyl (C=O) groups is 1. The highest BCUT2D eigenvalue weighted by Gasteiger charge is 2.16. The van der Waals surface area contributed by atoms with Gasteiger partial charge in [0.15, 0.2) is 0 Å². The molecule has 28 heavy (non-hydrogen) atoms. The van der Waals surface area contributed by atoms with Gasteiger partial charge in [-0.3, -0.25) is 4.79 Å². The second kappa shape index (κ2) is 9.42. The van der Waals surface area contributed by atoms with Crippen LogP contribution in [0.1, 0.15) is 18.1 Å². The summed E-state index contributed by atoms with van der Waals surface area (Å²) in [5.74, 6) is 1.23. The molecule has 1 amide bonds. The molecule has 1 unspecified atom stereocenters. The fraction of sp³-hybridized carbons (Fsp3) is 0.348. The van der Waals surface area contributed by atoms with Gasteiger partial charge in [0.05, 0.1) is 7.11 Å². The zero-order chi connectivity index (χ0) is 19.9. The zero-order valence-corrected chi connectivity index (χ0v) is 16.9. The fourth-order valence-electron chi connectivity index (χ4n) is 3.73. The molecule has 1 atom stereocenters. The summed E-state index contributed by atoms with van der Waals surface area (Å²) in [6, 6.07) is 16.5. The van der Waals surface area contributed by atoms with Crippen molar-refractivity contribution in [1.29, 1.82) is 0 Å². The molecule has 0 aliphatic rings. The van der Waals surface area contributed by atoms with Gasteiger partial charge in [0.2, 0.25) is 5.91 Å². The first-order chi connectivity index (χ1) is 13.6. The molecule has 0 spiro atoms. The smallest absolute Gasteiger partial charge is 0.216 e. The number of hydrogen-bond donors (Lipinski definition) is 2. The molecule has 5 nitrogen and oxygen atoms in total. The third kappa shape index (κ3) is 5.14. The average Bonchev–Trinajstić information content (AvgIpc) is 3.09. The molecule has 0 fully saturated rings. The molecule has 0 radical (unpaired) electrons. The van der Waals surface area contributed by atoms with Gasteiger partial charge in [-0.1, -0.05) is 36.4 Å². The van der Waals surface area contributed by atoms with Crippen LogP contribution in [0.4, 0.5) is 0 Å². The van der Waals surface area contributed by atoms with Crippen LogP contribution in [0.3, 0.4) is 0 Å². The van der Waals surface area contributed by atoms with E-state index in [4.69, 9.17) is 4.74 Å². The number of carbonyl (C=O) groups excluding carboxylic acids is 1. The molecule has 0 saturated carbocycles. The maximum Gasteiger partial charge on any atom is 0.216 e. The molecule has 0 aliphatic heterocycles. The molecule has 2 N–H and O–H groups in total. The van der Waals surface area contributed by atoms with E-state index in [-0.39, 0.29) is 5.91 Å². The zero-order valence-electron chi connectivity index (χ0n) is 16.9. The minimum Gasteiger partial charge on any atom is -0.496 e. The van der Waals surface area contributed by atoms with Crippen LogP contribution >= 0.6 is 0 Å². The lowest BCUT2D eigenvalue weighted by molar-refractivity contribution is -0.119. The monoisotopic (exact) mass is 379 g/mol. The van der Waals surface area contributed by atoms with Crippen LogP contribution in [0.5, 0.6) is 5.75 Å². The topological polar surface area (TPSA) is 57.4 Å². The quantitative estimate of drug-likeness (QED) is 0.597. The van der Waals surface area contributed by atoms with Crippen molar-refractivity contribution in [2.24, 2.45) is 5.92 Å². The largest absolute Gasteiger partial charge is 0.496 e. The summed E-state index contributed by atoms with van der Waals surface area (Å²) in [6.45, 7) is 3.90. The van der Waals surface area contributed by atoms with Crippen molar-refractivity contribution in [2.75, 3.05) is 27.2 Å². The summed E-state index contributed by atoms with van der Waals surface area (Å²) >= 11 is 0. The van der Waals surface area contributed by atoms with Crippen LogP contribution in [-0.4, -0.2) is 43.0 Å². The maximum atomic E-state index is 11.5. The number of amides is 1. The molecule has 2 aromatic carbocycles. The number of hydrogen-bond acceptors (Lipinski definition) is 3. The number of H-pyrrole nitrogens is 1. The Labute approximate surface area is 166 Å². The van der Waals surface area contributed by atoms with Crippen LogP contribution < -0.4 is 10.1 Å². The highest BCUT2D eigenvalue weighted by atomic mass is 16.5. The highest BCUT2D eigenvalue weighted by molar-refractivity contribution is 5.83. The Kier molecular flexibility index (Phi) is 6.71. The Bertz CT molecular complexity index is 919. The number of para-hydroxylation sites is 2. The average molecular weight is 380 g/mol. The van der Waals surface area contributed by atoms with Crippen LogP contribution in [0.15, 0.2) is 54.7 Å². The van der Waals surface area contributed by atoms with Crippen molar-refractivity contribution in [3.63, 3.8) is 0 Å². The van der Waals surface area contributed by atoms with E-state index in [0.717, 1.165) is 36.3 Å². The second-order valence-electron chi connectivity index (χ2n) is 7.38. The van der Waals surface area contributed by atoms with E-state index in [1.807, 2.05) is 24.3 Å². The first-order valence-electron chi connectivity index (χ1n) is 9.66. The van der Waals surface area contributed by atoms with E-state index in [1.54, 1.807) is 14.0 Å². The number of benzene rings is 2. The number of aromatic nitrogens is 1. The number of ether oxygens (including phenoxy) is 1. The van der Waals surface area contributed by atoms with Crippen molar-refractivity contribution >= 4 is 16.8 Å². The summed E-state index contributed by atoms with van der Waals surface area (Å²) < 4.78 is 5.48.